The van der Waals surface area contributed by atoms with Gasteiger partial charge in [0, 0.05) is 5.56 Å². The molecule has 10 heavy (non-hydrogen) atoms. The van der Waals surface area contributed by atoms with Crippen LogP contribution in [0.15, 0.2) is 18.2 Å². The monoisotopic (exact) mass is 137 g/mol. The highest BCUT2D eigenvalue weighted by atomic mass is 16.3. The summed E-state index contributed by atoms with van der Waals surface area (Å²) in [7, 11) is 0. The Kier molecular flexibility index (Phi) is 1.81. The summed E-state index contributed by atoms with van der Waals surface area (Å²) in [6, 6.07) is 4.42. The molecule has 2 N–H and O–H groups in total. The van der Waals surface area contributed by atoms with E-state index >= 15 is 0 Å². The number of hydrogen-bond donors (Lipinski definition) is 2. The number of phenolic OH excluding ortho intramolecular Hbond substituents is 2. The molecule has 1 radical (unpaired) electrons. The maximum absolute atomic E-state index is 9.09. The van der Waals surface area contributed by atoms with Gasteiger partial charge >= 0.3 is 0 Å². The van der Waals surface area contributed by atoms with Gasteiger partial charge in [-0.2, -0.15) is 0 Å². The Labute approximate surface area is 59.7 Å². The molecule has 0 saturated heterocycles. The predicted octanol–water partition coefficient (Wildman–Crippen LogP) is 1.67. The molecule has 0 unspecified atom stereocenters. The zero-order valence-corrected chi connectivity index (χ0v) is 5.70. The fourth-order valence-electron chi connectivity index (χ4n) is 0.773. The molecule has 1 aromatic rings. The molecule has 2 nitrogen and oxygen atoms in total. The highest BCUT2D eigenvalue weighted by molar-refractivity contribution is 5.42. The minimum absolute atomic E-state index is 0.172. The summed E-state index contributed by atoms with van der Waals surface area (Å²) < 4.78 is 0. The zero-order chi connectivity index (χ0) is 7.56. The van der Waals surface area contributed by atoms with Crippen molar-refractivity contribution in [3.05, 3.63) is 30.2 Å². The molecule has 1 aromatic carbocycles. The molecule has 1 rings (SSSR count). The second kappa shape index (κ2) is 2.60. The molecule has 0 bridgehead atoms. The summed E-state index contributed by atoms with van der Waals surface area (Å²) in [5, 5.41) is 18.0. The highest BCUT2D eigenvalue weighted by Gasteiger charge is 1.97. The highest BCUT2D eigenvalue weighted by Crippen LogP contribution is 2.22. The predicted molar refractivity (Wildman–Crippen MR) is 38.8 cm³/mol. The molecular weight excluding hydrogens is 128 g/mol. The van der Waals surface area contributed by atoms with Crippen molar-refractivity contribution in [3.8, 4) is 11.5 Å². The van der Waals surface area contributed by atoms with Gasteiger partial charge in [0.2, 0.25) is 0 Å². The first-order chi connectivity index (χ1) is 4.74. The van der Waals surface area contributed by atoms with Crippen LogP contribution in [0, 0.1) is 6.42 Å². The maximum atomic E-state index is 9.09. The van der Waals surface area contributed by atoms with E-state index in [0.717, 1.165) is 0 Å². The maximum Gasteiger partial charge on any atom is 0.119 e. The Morgan fingerprint density at radius 2 is 2.00 bits per heavy atom. The lowest BCUT2D eigenvalue weighted by molar-refractivity contribution is 0.457. The molecule has 0 aliphatic rings. The normalized spacial score (nSPS) is 9.70. The van der Waals surface area contributed by atoms with Gasteiger partial charge in [0.15, 0.2) is 0 Å². The van der Waals surface area contributed by atoms with Gasteiger partial charge in [-0.1, -0.05) is 6.92 Å². The van der Waals surface area contributed by atoms with E-state index in [-0.39, 0.29) is 11.5 Å². The van der Waals surface area contributed by atoms with Gasteiger partial charge in [0.1, 0.15) is 11.5 Å². The first kappa shape index (κ1) is 6.93. The smallest absolute Gasteiger partial charge is 0.119 e. The quantitative estimate of drug-likeness (QED) is 0.578. The Morgan fingerprint density at radius 3 is 2.50 bits per heavy atom. The Balaban J connectivity index is 3.09. The van der Waals surface area contributed by atoms with Crippen LogP contribution < -0.4 is 0 Å². The van der Waals surface area contributed by atoms with Gasteiger partial charge in [-0.25, -0.2) is 0 Å². The summed E-state index contributed by atoms with van der Waals surface area (Å²) >= 11 is 0. The van der Waals surface area contributed by atoms with Gasteiger partial charge < -0.3 is 10.2 Å². The van der Waals surface area contributed by atoms with Gasteiger partial charge in [-0.05, 0) is 24.6 Å². The lowest BCUT2D eigenvalue weighted by atomic mass is 10.1. The molecule has 0 aliphatic carbocycles. The van der Waals surface area contributed by atoms with Crippen LogP contribution in [-0.2, 0) is 0 Å². The van der Waals surface area contributed by atoms with E-state index in [1.54, 1.807) is 13.3 Å². The van der Waals surface area contributed by atoms with Crippen LogP contribution in [0.1, 0.15) is 12.5 Å². The second-order valence-corrected chi connectivity index (χ2v) is 2.03. The van der Waals surface area contributed by atoms with E-state index in [2.05, 4.69) is 0 Å². The van der Waals surface area contributed by atoms with E-state index in [1.807, 2.05) is 0 Å². The third-order valence-electron chi connectivity index (χ3n) is 1.32. The van der Waals surface area contributed by atoms with Crippen LogP contribution >= 0.6 is 0 Å². The average molecular weight is 137 g/mol. The molecule has 0 spiro atoms. The van der Waals surface area contributed by atoms with E-state index in [9.17, 15) is 0 Å². The molecule has 0 fully saturated rings. The van der Waals surface area contributed by atoms with E-state index in [4.69, 9.17) is 10.2 Å². The SMILES string of the molecule is C[CH]c1cc(O)ccc1O. The number of hydrogen-bond acceptors (Lipinski definition) is 2. The standard InChI is InChI=1S/C8H9O2/c1-2-6-5-7(9)3-4-8(6)10/h2-5,9-10H,1H3. The Bertz CT molecular complexity index is 231. The van der Waals surface area contributed by atoms with Crippen molar-refractivity contribution in [3.63, 3.8) is 0 Å². The molecule has 0 amide bonds. The van der Waals surface area contributed by atoms with Gasteiger partial charge in [-0.3, -0.25) is 0 Å². The zero-order valence-electron chi connectivity index (χ0n) is 5.70. The lowest BCUT2D eigenvalue weighted by Crippen LogP contribution is -1.77. The number of aromatic hydroxyl groups is 2. The largest absolute Gasteiger partial charge is 0.508 e. The number of phenols is 2. The lowest BCUT2D eigenvalue weighted by Gasteiger charge is -1.99. The molecule has 0 aromatic heterocycles. The topological polar surface area (TPSA) is 40.5 Å². The summed E-state index contributed by atoms with van der Waals surface area (Å²) in [4.78, 5) is 0. The van der Waals surface area contributed by atoms with Crippen molar-refractivity contribution in [2.75, 3.05) is 0 Å². The average Bonchev–Trinajstić information content (AvgIpc) is 1.94. The Morgan fingerprint density at radius 1 is 1.30 bits per heavy atom. The van der Waals surface area contributed by atoms with Crippen molar-refractivity contribution in [1.82, 2.24) is 0 Å². The fraction of sp³-hybridized carbons (Fsp3) is 0.125. The molecular formula is C8H9O2. The van der Waals surface area contributed by atoms with E-state index in [1.165, 1.54) is 18.2 Å². The summed E-state index contributed by atoms with van der Waals surface area (Å²) in [5.41, 5.74) is 0.653. The fourth-order valence-corrected chi connectivity index (χ4v) is 0.773. The molecule has 0 saturated carbocycles. The van der Waals surface area contributed by atoms with Crippen LogP contribution in [0.5, 0.6) is 11.5 Å². The second-order valence-electron chi connectivity index (χ2n) is 2.03. The first-order valence-electron chi connectivity index (χ1n) is 3.05. The van der Waals surface area contributed by atoms with Crippen molar-refractivity contribution < 1.29 is 10.2 Å². The first-order valence-corrected chi connectivity index (χ1v) is 3.05. The third kappa shape index (κ3) is 1.21. The molecule has 0 atom stereocenters. The number of rotatable bonds is 1. The molecule has 53 valence electrons. The van der Waals surface area contributed by atoms with E-state index in [0.29, 0.717) is 5.56 Å². The summed E-state index contributed by atoms with van der Waals surface area (Å²) in [6.07, 6.45) is 1.73. The van der Waals surface area contributed by atoms with Crippen LogP contribution in [0.2, 0.25) is 0 Å². The van der Waals surface area contributed by atoms with Gasteiger partial charge in [0.25, 0.3) is 0 Å². The van der Waals surface area contributed by atoms with Crippen LogP contribution in [0.25, 0.3) is 0 Å². The van der Waals surface area contributed by atoms with Crippen LogP contribution in [0.4, 0.5) is 0 Å². The molecule has 2 heteroatoms. The summed E-state index contributed by atoms with van der Waals surface area (Å²) in [5.74, 6) is 0.367. The number of benzene rings is 1. The van der Waals surface area contributed by atoms with Crippen molar-refractivity contribution in [2.24, 2.45) is 0 Å². The molecule has 0 heterocycles. The third-order valence-corrected chi connectivity index (χ3v) is 1.32. The Hall–Kier alpha value is -1.18. The van der Waals surface area contributed by atoms with Crippen LogP contribution in [0.3, 0.4) is 0 Å². The van der Waals surface area contributed by atoms with Gasteiger partial charge in [-0.15, -0.1) is 0 Å². The minimum atomic E-state index is 0.172. The van der Waals surface area contributed by atoms with Crippen molar-refractivity contribution in [1.29, 1.82) is 0 Å². The van der Waals surface area contributed by atoms with E-state index < -0.39 is 0 Å². The minimum Gasteiger partial charge on any atom is -0.508 e. The summed E-state index contributed by atoms with van der Waals surface area (Å²) in [6.45, 7) is 1.80. The molecule has 0 aliphatic heterocycles. The van der Waals surface area contributed by atoms with Crippen molar-refractivity contribution >= 4 is 0 Å². The van der Waals surface area contributed by atoms with Crippen LogP contribution in [-0.4, -0.2) is 10.2 Å². The van der Waals surface area contributed by atoms with Crippen molar-refractivity contribution in [2.45, 2.75) is 6.92 Å². The van der Waals surface area contributed by atoms with Gasteiger partial charge in [0.05, 0.1) is 0 Å².